The molecule has 2 aliphatic rings. The van der Waals surface area contributed by atoms with E-state index in [0.29, 0.717) is 16.0 Å². The maximum Gasteiger partial charge on any atom is 0.416 e. The number of rotatable bonds is 5. The first-order chi connectivity index (χ1) is 19.7. The Morgan fingerprint density at radius 1 is 0.976 bits per heavy atom. The number of benzene rings is 3. The molecule has 1 N–H and O–H groups in total. The van der Waals surface area contributed by atoms with E-state index in [1.165, 1.54) is 7.11 Å². The van der Waals surface area contributed by atoms with Crippen LogP contribution in [0.2, 0.25) is 0 Å². The predicted molar refractivity (Wildman–Crippen MR) is 142 cm³/mol. The van der Waals surface area contributed by atoms with Crippen molar-refractivity contribution in [1.29, 1.82) is 0 Å². The molecule has 2 unspecified atom stereocenters. The van der Waals surface area contributed by atoms with Crippen molar-refractivity contribution >= 4 is 17.9 Å². The highest BCUT2D eigenvalue weighted by molar-refractivity contribution is 5.92. The molecule has 0 spiro atoms. The Hall–Kier alpha value is -4.80. The zero-order chi connectivity index (χ0) is 28.9. The molecule has 2 atom stereocenters. The van der Waals surface area contributed by atoms with Crippen LogP contribution in [0.4, 0.5) is 23.8 Å². The second-order valence-corrected chi connectivity index (χ2v) is 9.89. The number of carboxylic acids is 1. The molecular weight excluding hydrogens is 539 g/mol. The Morgan fingerprint density at radius 3 is 2.15 bits per heavy atom. The fraction of sp³-hybridized carbons (Fsp3) is 0.233. The molecule has 41 heavy (non-hydrogen) atoms. The summed E-state index contributed by atoms with van der Waals surface area (Å²) >= 11 is 0. The minimum absolute atomic E-state index is 0.0681. The van der Waals surface area contributed by atoms with E-state index in [2.05, 4.69) is 5.10 Å². The Morgan fingerprint density at radius 2 is 1.59 bits per heavy atom. The molecule has 1 aliphatic carbocycles. The summed E-state index contributed by atoms with van der Waals surface area (Å²) in [5, 5.41) is 13.2. The number of ether oxygens (including phenoxy) is 2. The van der Waals surface area contributed by atoms with Crippen LogP contribution in [0, 0.1) is 0 Å². The summed E-state index contributed by atoms with van der Waals surface area (Å²) < 4.78 is 54.3. The van der Waals surface area contributed by atoms with Gasteiger partial charge in [0.1, 0.15) is 18.2 Å². The van der Waals surface area contributed by atoms with Crippen molar-refractivity contribution < 1.29 is 37.3 Å². The molecule has 1 aliphatic heterocycles. The number of carbonyl (C=O) groups is 2. The summed E-state index contributed by atoms with van der Waals surface area (Å²) in [6.07, 6.45) is -6.26. The first kappa shape index (κ1) is 26.4. The van der Waals surface area contributed by atoms with Crippen molar-refractivity contribution in [3.8, 4) is 16.9 Å². The quantitative estimate of drug-likeness (QED) is 0.294. The number of fused-ring (bicyclic) bond motifs is 4. The molecule has 0 radical (unpaired) electrons. The highest BCUT2D eigenvalue weighted by atomic mass is 19.4. The second-order valence-electron chi connectivity index (χ2n) is 9.89. The molecule has 11 heteroatoms. The summed E-state index contributed by atoms with van der Waals surface area (Å²) in [7, 11) is 1.46. The van der Waals surface area contributed by atoms with Crippen LogP contribution >= 0.6 is 0 Å². The third-order valence-corrected chi connectivity index (χ3v) is 7.65. The van der Waals surface area contributed by atoms with Gasteiger partial charge in [0.25, 0.3) is 0 Å². The van der Waals surface area contributed by atoms with E-state index >= 15 is 0 Å². The molecule has 8 nitrogen and oxygen atoms in total. The Balaban J connectivity index is 1.39. The zero-order valence-corrected chi connectivity index (χ0v) is 21.7. The number of methoxy groups -OCH3 is 1. The predicted octanol–water partition coefficient (Wildman–Crippen LogP) is 6.59. The number of hydrogen-bond donors (Lipinski definition) is 1. The van der Waals surface area contributed by atoms with Crippen LogP contribution in [0.5, 0.6) is 5.75 Å². The molecule has 0 bridgehead atoms. The van der Waals surface area contributed by atoms with Crippen LogP contribution in [-0.4, -0.2) is 46.8 Å². The lowest BCUT2D eigenvalue weighted by molar-refractivity contribution is -0.174. The average molecular weight is 564 g/mol. The second kappa shape index (κ2) is 9.99. The molecule has 6 rings (SSSR count). The number of hydrogen-bond acceptors (Lipinski definition) is 5. The summed E-state index contributed by atoms with van der Waals surface area (Å²) in [6, 6.07) is 19.6. The molecule has 0 saturated heterocycles. The molecule has 3 aromatic carbocycles. The van der Waals surface area contributed by atoms with Gasteiger partial charge in [-0.1, -0.05) is 60.7 Å². The molecular formula is C30H24F3N3O5. The molecule has 2 heterocycles. The van der Waals surface area contributed by atoms with Crippen LogP contribution in [0.15, 0.2) is 78.9 Å². The number of aromatic carboxylic acids is 1. The van der Waals surface area contributed by atoms with Crippen LogP contribution in [0.1, 0.15) is 51.6 Å². The van der Waals surface area contributed by atoms with E-state index in [1.54, 1.807) is 24.3 Å². The topological polar surface area (TPSA) is 93.9 Å². The van der Waals surface area contributed by atoms with Crippen LogP contribution < -0.4 is 9.64 Å². The van der Waals surface area contributed by atoms with Crippen molar-refractivity contribution in [3.05, 3.63) is 101 Å². The minimum Gasteiger partial charge on any atom is -0.497 e. The van der Waals surface area contributed by atoms with Crippen LogP contribution in [-0.2, 0) is 4.74 Å². The molecule has 210 valence electrons. The zero-order valence-electron chi connectivity index (χ0n) is 21.7. The fourth-order valence-corrected chi connectivity index (χ4v) is 5.74. The van der Waals surface area contributed by atoms with Gasteiger partial charge in [-0.15, -0.1) is 0 Å². The summed E-state index contributed by atoms with van der Waals surface area (Å²) in [5.74, 6) is -1.61. The summed E-state index contributed by atoms with van der Waals surface area (Å²) in [6.45, 7) is -0.0681. The van der Waals surface area contributed by atoms with E-state index in [9.17, 15) is 27.9 Å². The number of anilines is 1. The molecule has 1 amide bonds. The first-order valence-electron chi connectivity index (χ1n) is 12.8. The van der Waals surface area contributed by atoms with Gasteiger partial charge < -0.3 is 14.6 Å². The number of aromatic nitrogens is 2. The van der Waals surface area contributed by atoms with Crippen molar-refractivity contribution in [1.82, 2.24) is 9.78 Å². The van der Waals surface area contributed by atoms with E-state index in [-0.39, 0.29) is 18.3 Å². The van der Waals surface area contributed by atoms with Crippen LogP contribution in [0.3, 0.4) is 0 Å². The molecule has 4 aromatic rings. The maximum absolute atomic E-state index is 14.2. The van der Waals surface area contributed by atoms with Crippen molar-refractivity contribution in [2.45, 2.75) is 30.6 Å². The van der Waals surface area contributed by atoms with Gasteiger partial charge in [0.05, 0.1) is 13.2 Å². The van der Waals surface area contributed by atoms with Gasteiger partial charge in [0, 0.05) is 18.4 Å². The Kier molecular flexibility index (Phi) is 6.44. The maximum atomic E-state index is 14.2. The smallest absolute Gasteiger partial charge is 0.416 e. The number of carbonyl (C=O) groups excluding carboxylic acids is 1. The number of alkyl halides is 3. The van der Waals surface area contributed by atoms with Gasteiger partial charge in [-0.05, 0) is 39.9 Å². The van der Waals surface area contributed by atoms with Crippen LogP contribution in [0.25, 0.3) is 11.1 Å². The SMILES string of the molecule is COc1ccc(C2CC(C(F)(F)F)n3nc(C(=O)O)cc3N2C(=O)OCC2c3ccccc3-c3ccccc32)cc1. The Labute approximate surface area is 232 Å². The third-order valence-electron chi connectivity index (χ3n) is 7.65. The lowest BCUT2D eigenvalue weighted by atomic mass is 9.95. The van der Waals surface area contributed by atoms with E-state index in [4.69, 9.17) is 9.47 Å². The number of nitrogens with zero attached hydrogens (tertiary/aromatic N) is 3. The van der Waals surface area contributed by atoms with Gasteiger partial charge >= 0.3 is 18.2 Å². The monoisotopic (exact) mass is 563 g/mol. The van der Waals surface area contributed by atoms with Gasteiger partial charge in [0.2, 0.25) is 0 Å². The van der Waals surface area contributed by atoms with E-state index in [0.717, 1.165) is 33.2 Å². The number of amides is 1. The van der Waals surface area contributed by atoms with Gasteiger partial charge in [0.15, 0.2) is 11.7 Å². The fourth-order valence-electron chi connectivity index (χ4n) is 5.74. The molecule has 1 aromatic heterocycles. The van der Waals surface area contributed by atoms with Gasteiger partial charge in [-0.2, -0.15) is 18.3 Å². The highest BCUT2D eigenvalue weighted by Crippen LogP contribution is 2.48. The Bertz CT molecular complexity index is 1590. The lowest BCUT2D eigenvalue weighted by Gasteiger charge is -2.39. The van der Waals surface area contributed by atoms with Crippen molar-refractivity contribution in [2.75, 3.05) is 18.6 Å². The average Bonchev–Trinajstić information content (AvgIpc) is 3.55. The van der Waals surface area contributed by atoms with Crippen molar-refractivity contribution in [3.63, 3.8) is 0 Å². The number of carboxylic acid groups (broad SMARTS) is 1. The largest absolute Gasteiger partial charge is 0.497 e. The number of halogens is 3. The molecule has 0 fully saturated rings. The summed E-state index contributed by atoms with van der Waals surface area (Å²) in [5.41, 5.74) is 3.79. The standard InChI is InChI=1S/C30H24F3N3O5/c1-40-18-12-10-17(11-13-18)25-15-26(30(31,32)33)36-27(14-24(34-36)28(37)38)35(25)29(39)41-16-23-21-8-4-2-6-19(21)20-7-3-5-9-22(20)23/h2-14,23,25-26H,15-16H2,1H3,(H,37,38). The minimum atomic E-state index is -4.76. The van der Waals surface area contributed by atoms with Gasteiger partial charge in [-0.3, -0.25) is 4.90 Å². The highest BCUT2D eigenvalue weighted by Gasteiger charge is 2.51. The molecule has 0 saturated carbocycles. The van der Waals surface area contributed by atoms with Gasteiger partial charge in [-0.25, -0.2) is 14.3 Å². The van der Waals surface area contributed by atoms with Crippen molar-refractivity contribution in [2.24, 2.45) is 0 Å². The van der Waals surface area contributed by atoms with E-state index in [1.807, 2.05) is 48.5 Å². The third kappa shape index (κ3) is 4.56. The normalized spacial score (nSPS) is 17.9. The lowest BCUT2D eigenvalue weighted by Crippen LogP contribution is -2.45. The van der Waals surface area contributed by atoms with E-state index < -0.39 is 42.4 Å². The summed E-state index contributed by atoms with van der Waals surface area (Å²) in [4.78, 5) is 26.6. The first-order valence-corrected chi connectivity index (χ1v) is 12.8.